The van der Waals surface area contributed by atoms with Crippen molar-refractivity contribution in [3.8, 4) is 5.88 Å². The fraction of sp³-hybridized carbons (Fsp3) is 0.292. The summed E-state index contributed by atoms with van der Waals surface area (Å²) < 4.78 is 7.69. The van der Waals surface area contributed by atoms with Gasteiger partial charge in [0.05, 0.1) is 12.3 Å². The maximum absolute atomic E-state index is 13.3. The quantitative estimate of drug-likeness (QED) is 0.453. The van der Waals surface area contributed by atoms with Gasteiger partial charge in [-0.3, -0.25) is 9.20 Å². The van der Waals surface area contributed by atoms with Crippen LogP contribution in [-0.4, -0.2) is 44.9 Å². The van der Waals surface area contributed by atoms with Crippen LogP contribution in [0.4, 0.5) is 11.6 Å². The Labute approximate surface area is 190 Å². The van der Waals surface area contributed by atoms with Crippen LogP contribution in [0.5, 0.6) is 5.88 Å². The molecule has 0 spiro atoms. The first-order valence-electron chi connectivity index (χ1n) is 10.9. The van der Waals surface area contributed by atoms with Crippen molar-refractivity contribution in [3.63, 3.8) is 0 Å². The van der Waals surface area contributed by atoms with Gasteiger partial charge in [0.25, 0.3) is 5.91 Å². The van der Waals surface area contributed by atoms with E-state index in [0.717, 1.165) is 41.5 Å². The van der Waals surface area contributed by atoms with Crippen molar-refractivity contribution in [1.29, 1.82) is 0 Å². The fourth-order valence-corrected chi connectivity index (χ4v) is 5.12. The number of carbonyl (C=O) groups is 1. The zero-order valence-corrected chi connectivity index (χ0v) is 18.7. The Kier molecular flexibility index (Phi) is 5.77. The molecule has 0 aliphatic carbocycles. The van der Waals surface area contributed by atoms with Crippen molar-refractivity contribution < 1.29 is 9.53 Å². The van der Waals surface area contributed by atoms with Gasteiger partial charge >= 0.3 is 0 Å². The number of benzene rings is 1. The van der Waals surface area contributed by atoms with Crippen molar-refractivity contribution >= 4 is 33.7 Å². The first kappa shape index (κ1) is 20.5. The minimum Gasteiger partial charge on any atom is -0.477 e. The van der Waals surface area contributed by atoms with E-state index < -0.39 is 0 Å². The van der Waals surface area contributed by atoms with Gasteiger partial charge in [-0.25, -0.2) is 9.97 Å². The summed E-state index contributed by atoms with van der Waals surface area (Å²) in [5, 5.41) is 5.50. The van der Waals surface area contributed by atoms with E-state index in [4.69, 9.17) is 9.72 Å². The molecule has 1 amide bonds. The molecule has 1 fully saturated rings. The van der Waals surface area contributed by atoms with E-state index in [-0.39, 0.29) is 11.8 Å². The third-order valence-corrected chi connectivity index (χ3v) is 6.58. The van der Waals surface area contributed by atoms with Crippen molar-refractivity contribution in [2.45, 2.75) is 25.7 Å². The summed E-state index contributed by atoms with van der Waals surface area (Å²) >= 11 is 1.68. The number of hydrogen-bond donors (Lipinski definition) is 1. The summed E-state index contributed by atoms with van der Waals surface area (Å²) in [6.07, 6.45) is 5.63. The molecule has 4 aromatic rings. The number of likely N-dealkylation sites (tertiary alicyclic amines) is 1. The summed E-state index contributed by atoms with van der Waals surface area (Å²) in [5.74, 6) is 1.35. The third kappa shape index (κ3) is 3.93. The largest absolute Gasteiger partial charge is 0.477 e. The molecule has 1 aliphatic heterocycles. The number of thiazole rings is 1. The van der Waals surface area contributed by atoms with E-state index in [9.17, 15) is 4.79 Å². The van der Waals surface area contributed by atoms with Gasteiger partial charge in [-0.2, -0.15) is 0 Å². The smallest absolute Gasteiger partial charge is 0.259 e. The van der Waals surface area contributed by atoms with Crippen molar-refractivity contribution in [3.05, 3.63) is 71.5 Å². The number of rotatable bonds is 6. The molecule has 3 aromatic heterocycles. The molecule has 32 heavy (non-hydrogen) atoms. The molecule has 0 bridgehead atoms. The highest BCUT2D eigenvalue weighted by molar-refractivity contribution is 7.15. The molecular formula is C24H25N5O2S. The van der Waals surface area contributed by atoms with Gasteiger partial charge in [-0.1, -0.05) is 18.2 Å². The average molecular weight is 448 g/mol. The van der Waals surface area contributed by atoms with E-state index >= 15 is 0 Å². The van der Waals surface area contributed by atoms with Gasteiger partial charge in [0.1, 0.15) is 10.4 Å². The predicted octanol–water partition coefficient (Wildman–Crippen LogP) is 4.95. The molecule has 8 heteroatoms. The molecule has 1 unspecified atom stereocenters. The molecule has 4 heterocycles. The number of para-hydroxylation sites is 1. The van der Waals surface area contributed by atoms with Crippen LogP contribution >= 0.6 is 11.3 Å². The standard InChI is InChI=1S/C24H25N5O2S/c1-2-31-21-19(11-6-12-25-21)22(30)28-13-7-8-17(16-28)20-23-29(14-15-32-23)24(27-20)26-18-9-4-3-5-10-18/h3-6,9-12,14-15,17H,2,7-8,13,16H2,1H3,(H,26,27). The topological polar surface area (TPSA) is 71.8 Å². The lowest BCUT2D eigenvalue weighted by molar-refractivity contribution is 0.0701. The van der Waals surface area contributed by atoms with E-state index in [2.05, 4.69) is 20.1 Å². The van der Waals surface area contributed by atoms with E-state index in [1.165, 1.54) is 0 Å². The fourth-order valence-electron chi connectivity index (χ4n) is 4.21. The number of nitrogens with zero attached hydrogens (tertiary/aromatic N) is 4. The van der Waals surface area contributed by atoms with Crippen LogP contribution in [0.25, 0.3) is 4.83 Å². The van der Waals surface area contributed by atoms with Gasteiger partial charge in [-0.05, 0) is 44.0 Å². The highest BCUT2D eigenvalue weighted by Crippen LogP contribution is 2.34. The summed E-state index contributed by atoms with van der Waals surface area (Å²) in [7, 11) is 0. The molecule has 164 valence electrons. The highest BCUT2D eigenvalue weighted by Gasteiger charge is 2.30. The molecule has 1 aliphatic rings. The van der Waals surface area contributed by atoms with Crippen LogP contribution in [0.3, 0.4) is 0 Å². The molecular weight excluding hydrogens is 422 g/mol. The number of nitrogens with one attached hydrogen (secondary N) is 1. The Morgan fingerprint density at radius 2 is 2.12 bits per heavy atom. The maximum Gasteiger partial charge on any atom is 0.259 e. The third-order valence-electron chi connectivity index (χ3n) is 5.69. The summed E-state index contributed by atoms with van der Waals surface area (Å²) in [6.45, 7) is 3.73. The SMILES string of the molecule is CCOc1ncccc1C(=O)N1CCCC(c2nc(Nc3ccccc3)n3ccsc23)C1. The number of imidazole rings is 1. The summed E-state index contributed by atoms with van der Waals surface area (Å²) in [4.78, 5) is 25.6. The number of amides is 1. The van der Waals surface area contributed by atoms with Crippen LogP contribution in [-0.2, 0) is 0 Å². The average Bonchev–Trinajstić information content (AvgIpc) is 3.44. The Morgan fingerprint density at radius 1 is 1.25 bits per heavy atom. The van der Waals surface area contributed by atoms with E-state index in [1.54, 1.807) is 29.7 Å². The summed E-state index contributed by atoms with van der Waals surface area (Å²) in [6, 6.07) is 13.6. The minimum atomic E-state index is -0.0319. The number of pyridine rings is 1. The molecule has 0 saturated carbocycles. The summed E-state index contributed by atoms with van der Waals surface area (Å²) in [5.41, 5.74) is 2.57. The molecule has 1 saturated heterocycles. The van der Waals surface area contributed by atoms with Gasteiger partial charge in [0.15, 0.2) is 0 Å². The molecule has 5 rings (SSSR count). The van der Waals surface area contributed by atoms with Crippen molar-refractivity contribution in [2.24, 2.45) is 0 Å². The Balaban J connectivity index is 1.40. The second-order valence-electron chi connectivity index (χ2n) is 7.77. The van der Waals surface area contributed by atoms with Crippen molar-refractivity contribution in [1.82, 2.24) is 19.3 Å². The lowest BCUT2D eigenvalue weighted by Crippen LogP contribution is -2.39. The second kappa shape index (κ2) is 9.00. The highest BCUT2D eigenvalue weighted by atomic mass is 32.1. The molecule has 0 radical (unpaired) electrons. The van der Waals surface area contributed by atoms with Gasteiger partial charge < -0.3 is 15.0 Å². The van der Waals surface area contributed by atoms with Crippen molar-refractivity contribution in [2.75, 3.05) is 25.0 Å². The maximum atomic E-state index is 13.3. The predicted molar refractivity (Wildman–Crippen MR) is 126 cm³/mol. The number of piperidine rings is 1. The molecule has 1 N–H and O–H groups in total. The Bertz CT molecular complexity index is 1220. The number of hydrogen-bond acceptors (Lipinski definition) is 6. The number of aromatic nitrogens is 3. The van der Waals surface area contributed by atoms with Gasteiger partial charge in [0.2, 0.25) is 11.8 Å². The van der Waals surface area contributed by atoms with E-state index in [0.29, 0.717) is 24.6 Å². The first-order valence-corrected chi connectivity index (χ1v) is 11.8. The second-order valence-corrected chi connectivity index (χ2v) is 8.66. The minimum absolute atomic E-state index is 0.0319. The number of ether oxygens (including phenoxy) is 1. The van der Waals surface area contributed by atoms with Crippen LogP contribution < -0.4 is 10.1 Å². The van der Waals surface area contributed by atoms with Crippen LogP contribution in [0.1, 0.15) is 41.7 Å². The van der Waals surface area contributed by atoms with Crippen LogP contribution in [0.15, 0.2) is 60.2 Å². The normalized spacial score (nSPS) is 16.3. The lowest BCUT2D eigenvalue weighted by atomic mass is 9.95. The zero-order valence-electron chi connectivity index (χ0n) is 17.9. The number of carbonyl (C=O) groups excluding carboxylic acids is 1. The van der Waals surface area contributed by atoms with Crippen LogP contribution in [0, 0.1) is 0 Å². The Hall–Kier alpha value is -3.39. The molecule has 1 atom stereocenters. The van der Waals surface area contributed by atoms with Gasteiger partial charge in [-0.15, -0.1) is 11.3 Å². The lowest BCUT2D eigenvalue weighted by Gasteiger charge is -2.32. The monoisotopic (exact) mass is 447 g/mol. The zero-order chi connectivity index (χ0) is 21.9. The molecule has 1 aromatic carbocycles. The van der Waals surface area contributed by atoms with Crippen LogP contribution in [0.2, 0.25) is 0 Å². The van der Waals surface area contributed by atoms with Gasteiger partial charge in [0, 0.05) is 42.5 Å². The first-order chi connectivity index (χ1) is 15.7. The number of fused-ring (bicyclic) bond motifs is 1. The Morgan fingerprint density at radius 3 is 2.97 bits per heavy atom. The van der Waals surface area contributed by atoms with E-state index in [1.807, 2.05) is 48.4 Å². The number of anilines is 2. The molecule has 7 nitrogen and oxygen atoms in total.